The summed E-state index contributed by atoms with van der Waals surface area (Å²) in [5, 5.41) is 1.39. The maximum absolute atomic E-state index is 10.6. The van der Waals surface area contributed by atoms with Crippen LogP contribution in [0.4, 0.5) is 0 Å². The molecule has 0 radical (unpaired) electrons. The fourth-order valence-corrected chi connectivity index (χ4v) is 0.816. The largest absolute Gasteiger partial charge is 0.274 e. The maximum atomic E-state index is 10.6. The Morgan fingerprint density at radius 2 is 2.50 bits per heavy atom. The van der Waals surface area contributed by atoms with Crippen LogP contribution in [-0.2, 0) is 9.63 Å². The second kappa shape index (κ2) is 2.13. The van der Waals surface area contributed by atoms with Gasteiger partial charge in [0.2, 0.25) is 5.91 Å². The van der Waals surface area contributed by atoms with Gasteiger partial charge in [0.1, 0.15) is 0 Å². The lowest BCUT2D eigenvalue weighted by Gasteiger charge is -2.09. The molecule has 1 fully saturated rings. The molecule has 0 spiro atoms. The first-order chi connectivity index (χ1) is 3.84. The van der Waals surface area contributed by atoms with Crippen molar-refractivity contribution in [1.29, 1.82) is 0 Å². The van der Waals surface area contributed by atoms with Gasteiger partial charge in [-0.05, 0) is 6.42 Å². The van der Waals surface area contributed by atoms with Crippen LogP contribution in [0, 0.1) is 0 Å². The minimum Gasteiger partial charge on any atom is -0.274 e. The lowest BCUT2D eigenvalue weighted by Crippen LogP contribution is -2.22. The van der Waals surface area contributed by atoms with Crippen molar-refractivity contribution in [3.8, 4) is 0 Å². The zero-order valence-corrected chi connectivity index (χ0v) is 4.89. The summed E-state index contributed by atoms with van der Waals surface area (Å²) >= 11 is 0. The van der Waals surface area contributed by atoms with Crippen molar-refractivity contribution in [2.75, 3.05) is 13.7 Å². The maximum Gasteiger partial charge on any atom is 0.246 e. The average molecular weight is 115 g/mol. The Morgan fingerprint density at radius 3 is 2.75 bits per heavy atom. The molecule has 0 bridgehead atoms. The summed E-state index contributed by atoms with van der Waals surface area (Å²) < 4.78 is 0. The standard InChI is InChI=1S/C5H9NO2/c1-8-6-4-2-3-5(6)7/h2-4H2,1H3. The number of carbonyl (C=O) groups excluding carboxylic acids is 1. The third kappa shape index (κ3) is 0.816. The summed E-state index contributed by atoms with van der Waals surface area (Å²) in [6.45, 7) is 0.759. The van der Waals surface area contributed by atoms with Crippen LogP contribution < -0.4 is 0 Å². The van der Waals surface area contributed by atoms with Crippen molar-refractivity contribution in [1.82, 2.24) is 5.06 Å². The van der Waals surface area contributed by atoms with Gasteiger partial charge in [0, 0.05) is 13.0 Å². The SMILES string of the molecule is CON1CCCC1=O. The Kier molecular flexibility index (Phi) is 1.48. The van der Waals surface area contributed by atoms with E-state index in [0.29, 0.717) is 6.42 Å². The summed E-state index contributed by atoms with van der Waals surface area (Å²) in [7, 11) is 1.52. The number of hydrogen-bond acceptors (Lipinski definition) is 2. The van der Waals surface area contributed by atoms with E-state index in [0.717, 1.165) is 13.0 Å². The molecule has 1 aliphatic rings. The quantitative estimate of drug-likeness (QED) is 0.487. The van der Waals surface area contributed by atoms with Gasteiger partial charge in [0.05, 0.1) is 7.11 Å². The van der Waals surface area contributed by atoms with E-state index >= 15 is 0 Å². The first-order valence-electron chi connectivity index (χ1n) is 2.69. The highest BCUT2D eigenvalue weighted by Crippen LogP contribution is 2.07. The topological polar surface area (TPSA) is 29.5 Å². The highest BCUT2D eigenvalue weighted by molar-refractivity contribution is 5.76. The predicted molar refractivity (Wildman–Crippen MR) is 28.0 cm³/mol. The molecule has 1 heterocycles. The van der Waals surface area contributed by atoms with Gasteiger partial charge < -0.3 is 0 Å². The van der Waals surface area contributed by atoms with Crippen LogP contribution in [0.3, 0.4) is 0 Å². The third-order valence-corrected chi connectivity index (χ3v) is 1.25. The summed E-state index contributed by atoms with van der Waals surface area (Å²) in [6.07, 6.45) is 1.58. The molecule has 0 atom stereocenters. The van der Waals surface area contributed by atoms with Gasteiger partial charge in [-0.25, -0.2) is 5.06 Å². The molecule has 0 aliphatic carbocycles. The van der Waals surface area contributed by atoms with Crippen LogP contribution in [0.25, 0.3) is 0 Å². The zero-order valence-electron chi connectivity index (χ0n) is 4.89. The first-order valence-corrected chi connectivity index (χ1v) is 2.69. The Balaban J connectivity index is 2.42. The van der Waals surface area contributed by atoms with Crippen molar-refractivity contribution in [2.45, 2.75) is 12.8 Å². The van der Waals surface area contributed by atoms with Gasteiger partial charge >= 0.3 is 0 Å². The zero-order chi connectivity index (χ0) is 5.98. The second-order valence-electron chi connectivity index (χ2n) is 1.78. The van der Waals surface area contributed by atoms with E-state index < -0.39 is 0 Å². The van der Waals surface area contributed by atoms with Crippen LogP contribution in [0.2, 0.25) is 0 Å². The van der Waals surface area contributed by atoms with Crippen LogP contribution >= 0.6 is 0 Å². The molecule has 0 N–H and O–H groups in total. The molecule has 3 nitrogen and oxygen atoms in total. The number of hydroxylamine groups is 2. The molecule has 8 heavy (non-hydrogen) atoms. The fourth-order valence-electron chi connectivity index (χ4n) is 0.816. The predicted octanol–water partition coefficient (Wildman–Crippen LogP) is 0.170. The molecule has 3 heteroatoms. The van der Waals surface area contributed by atoms with Crippen LogP contribution in [-0.4, -0.2) is 24.6 Å². The molecular weight excluding hydrogens is 106 g/mol. The minimum atomic E-state index is 0.104. The number of rotatable bonds is 1. The Bertz CT molecular complexity index is 103. The first kappa shape index (κ1) is 5.56. The Labute approximate surface area is 48.2 Å². The molecule has 1 rings (SSSR count). The van der Waals surface area contributed by atoms with Crippen molar-refractivity contribution in [2.24, 2.45) is 0 Å². The molecule has 1 aliphatic heterocycles. The van der Waals surface area contributed by atoms with Crippen molar-refractivity contribution in [3.05, 3.63) is 0 Å². The van der Waals surface area contributed by atoms with Crippen molar-refractivity contribution < 1.29 is 9.63 Å². The lowest BCUT2D eigenvalue weighted by molar-refractivity contribution is -0.167. The van der Waals surface area contributed by atoms with Crippen LogP contribution in [0.15, 0.2) is 0 Å². The van der Waals surface area contributed by atoms with E-state index in [9.17, 15) is 4.79 Å². The van der Waals surface area contributed by atoms with Gasteiger partial charge in [0.15, 0.2) is 0 Å². The fraction of sp³-hybridized carbons (Fsp3) is 0.800. The van der Waals surface area contributed by atoms with E-state index in [2.05, 4.69) is 0 Å². The molecule has 0 aromatic heterocycles. The summed E-state index contributed by atoms with van der Waals surface area (Å²) in [5.41, 5.74) is 0. The third-order valence-electron chi connectivity index (χ3n) is 1.25. The lowest BCUT2D eigenvalue weighted by atomic mass is 10.4. The average Bonchev–Trinajstić information content (AvgIpc) is 2.14. The summed E-state index contributed by atoms with van der Waals surface area (Å²) in [6, 6.07) is 0. The summed E-state index contributed by atoms with van der Waals surface area (Å²) in [5.74, 6) is 0.104. The number of nitrogens with zero attached hydrogens (tertiary/aromatic N) is 1. The molecule has 0 aromatic carbocycles. The van der Waals surface area contributed by atoms with Crippen molar-refractivity contribution in [3.63, 3.8) is 0 Å². The van der Waals surface area contributed by atoms with Gasteiger partial charge in [-0.1, -0.05) is 0 Å². The molecule has 0 saturated carbocycles. The summed E-state index contributed by atoms with van der Waals surface area (Å²) in [4.78, 5) is 15.3. The van der Waals surface area contributed by atoms with E-state index in [1.807, 2.05) is 0 Å². The van der Waals surface area contributed by atoms with Gasteiger partial charge in [-0.3, -0.25) is 9.63 Å². The molecule has 0 aromatic rings. The number of carbonyl (C=O) groups is 1. The van der Waals surface area contributed by atoms with Gasteiger partial charge in [0.25, 0.3) is 0 Å². The number of hydrogen-bond donors (Lipinski definition) is 0. The van der Waals surface area contributed by atoms with E-state index in [4.69, 9.17) is 4.84 Å². The van der Waals surface area contributed by atoms with E-state index in [-0.39, 0.29) is 5.91 Å². The molecular formula is C5H9NO2. The Morgan fingerprint density at radius 1 is 1.75 bits per heavy atom. The molecule has 46 valence electrons. The smallest absolute Gasteiger partial charge is 0.246 e. The number of amides is 1. The normalized spacial score (nSPS) is 20.1. The Hall–Kier alpha value is -0.570. The molecule has 1 saturated heterocycles. The molecule has 1 amide bonds. The van der Waals surface area contributed by atoms with Gasteiger partial charge in [-0.15, -0.1) is 0 Å². The van der Waals surface area contributed by atoms with Gasteiger partial charge in [-0.2, -0.15) is 0 Å². The monoisotopic (exact) mass is 115 g/mol. The molecule has 0 unspecified atom stereocenters. The van der Waals surface area contributed by atoms with E-state index in [1.165, 1.54) is 12.2 Å². The van der Waals surface area contributed by atoms with Crippen molar-refractivity contribution >= 4 is 5.91 Å². The van der Waals surface area contributed by atoms with Crippen LogP contribution in [0.5, 0.6) is 0 Å². The highest BCUT2D eigenvalue weighted by Gasteiger charge is 2.18. The van der Waals surface area contributed by atoms with E-state index in [1.54, 1.807) is 0 Å². The van der Waals surface area contributed by atoms with Crippen LogP contribution in [0.1, 0.15) is 12.8 Å². The highest BCUT2D eigenvalue weighted by atomic mass is 16.7. The minimum absolute atomic E-state index is 0.104. The second-order valence-corrected chi connectivity index (χ2v) is 1.78.